The molecule has 4 atom stereocenters. The lowest BCUT2D eigenvalue weighted by Gasteiger charge is -2.27. The van der Waals surface area contributed by atoms with E-state index in [2.05, 4.69) is 55.6 Å². The molecule has 0 aromatic heterocycles. The van der Waals surface area contributed by atoms with E-state index >= 15 is 0 Å². The summed E-state index contributed by atoms with van der Waals surface area (Å²) in [5.74, 6) is -0.600. The Balaban J connectivity index is 3.66. The van der Waals surface area contributed by atoms with Crippen molar-refractivity contribution in [3.8, 4) is 0 Å². The van der Waals surface area contributed by atoms with Gasteiger partial charge in [-0.3, -0.25) is 4.79 Å². The Bertz CT molecular complexity index is 1040. The van der Waals surface area contributed by atoms with Crippen LogP contribution in [0.2, 0.25) is 0 Å². The van der Waals surface area contributed by atoms with Crippen LogP contribution in [0.25, 0.3) is 0 Å². The van der Waals surface area contributed by atoms with E-state index < -0.39 is 36.9 Å². The van der Waals surface area contributed by atoms with Crippen LogP contribution in [0.3, 0.4) is 0 Å². The normalized spacial score (nSPS) is 14.0. The van der Waals surface area contributed by atoms with Gasteiger partial charge in [0.1, 0.15) is 12.2 Å². The van der Waals surface area contributed by atoms with Crippen molar-refractivity contribution in [2.24, 2.45) is 0 Å². The lowest BCUT2D eigenvalue weighted by atomic mass is 10.00. The van der Waals surface area contributed by atoms with E-state index in [-0.39, 0.29) is 0 Å². The van der Waals surface area contributed by atoms with Crippen molar-refractivity contribution >= 4 is 5.91 Å². The van der Waals surface area contributed by atoms with Crippen molar-refractivity contribution in [2.75, 3.05) is 6.61 Å². The molecule has 0 fully saturated rings. The van der Waals surface area contributed by atoms with E-state index in [9.17, 15) is 25.2 Å². The second kappa shape index (κ2) is 54.5. The van der Waals surface area contributed by atoms with E-state index in [1.807, 2.05) is 0 Å². The highest BCUT2D eigenvalue weighted by Crippen LogP contribution is 2.17. The van der Waals surface area contributed by atoms with Crippen LogP contribution in [0.1, 0.15) is 309 Å². The molecule has 0 aromatic carbocycles. The molecule has 6 heteroatoms. The highest BCUT2D eigenvalue weighted by atomic mass is 16.3. The standard InChI is InChI=1S/C60H115NO5/c1-3-5-7-9-11-13-15-17-19-21-23-24-25-26-27-28-29-30-31-32-33-34-36-37-39-41-43-45-47-49-51-53-57(63)59(65)56(55-62)61-60(66)58(64)54-52-50-48-46-44-42-40-38-35-22-20-18-16-14-12-10-8-6-4-2/h35,37-39,45,47,56-59,62-65H,3-34,36,40-44,46,48-55H2,1-2H3,(H,61,66)/b38-35-,39-37+,47-45+. The fraction of sp³-hybridized carbons (Fsp3) is 0.883. The molecule has 5 N–H and O–H groups in total. The van der Waals surface area contributed by atoms with E-state index in [1.54, 1.807) is 0 Å². The molecule has 0 bridgehead atoms. The number of unbranched alkanes of at least 4 members (excludes halogenated alkanes) is 39. The van der Waals surface area contributed by atoms with Crippen molar-refractivity contribution in [1.82, 2.24) is 5.32 Å². The number of hydrogen-bond acceptors (Lipinski definition) is 5. The summed E-state index contributed by atoms with van der Waals surface area (Å²) >= 11 is 0. The van der Waals surface area contributed by atoms with Crippen LogP contribution in [-0.4, -0.2) is 57.3 Å². The number of nitrogens with one attached hydrogen (secondary N) is 1. The van der Waals surface area contributed by atoms with Gasteiger partial charge in [0.25, 0.3) is 0 Å². The minimum absolute atomic E-state index is 0.353. The largest absolute Gasteiger partial charge is 0.394 e. The van der Waals surface area contributed by atoms with Crippen LogP contribution in [-0.2, 0) is 4.79 Å². The van der Waals surface area contributed by atoms with Crippen LogP contribution in [0, 0.1) is 0 Å². The molecule has 4 unspecified atom stereocenters. The second-order valence-electron chi connectivity index (χ2n) is 20.3. The Kier molecular flexibility index (Phi) is 53.3. The monoisotopic (exact) mass is 930 g/mol. The van der Waals surface area contributed by atoms with Crippen LogP contribution in [0.5, 0.6) is 0 Å². The number of hydrogen-bond donors (Lipinski definition) is 5. The number of aliphatic hydroxyl groups excluding tert-OH is 4. The molecule has 0 saturated carbocycles. The third kappa shape index (κ3) is 47.6. The van der Waals surface area contributed by atoms with Gasteiger partial charge in [-0.1, -0.05) is 269 Å². The molecular formula is C60H115NO5. The quantitative estimate of drug-likeness (QED) is 0.0308. The first-order chi connectivity index (χ1) is 32.5. The number of amides is 1. The molecule has 0 spiro atoms. The van der Waals surface area contributed by atoms with Crippen molar-refractivity contribution in [1.29, 1.82) is 0 Å². The van der Waals surface area contributed by atoms with Crippen LogP contribution in [0.15, 0.2) is 36.5 Å². The van der Waals surface area contributed by atoms with Crippen molar-refractivity contribution in [3.63, 3.8) is 0 Å². The summed E-state index contributed by atoms with van der Waals surface area (Å²) in [5.41, 5.74) is 0. The van der Waals surface area contributed by atoms with Crippen LogP contribution in [0.4, 0.5) is 0 Å². The lowest BCUT2D eigenvalue weighted by Crippen LogP contribution is -2.53. The fourth-order valence-corrected chi connectivity index (χ4v) is 9.18. The number of aliphatic hydroxyl groups is 4. The number of allylic oxidation sites excluding steroid dienone is 6. The molecule has 0 aliphatic heterocycles. The van der Waals surface area contributed by atoms with Gasteiger partial charge in [0.05, 0.1) is 18.8 Å². The zero-order valence-electron chi connectivity index (χ0n) is 44.2. The van der Waals surface area contributed by atoms with Crippen LogP contribution >= 0.6 is 0 Å². The third-order valence-electron chi connectivity index (χ3n) is 13.8. The minimum Gasteiger partial charge on any atom is -0.394 e. The van der Waals surface area contributed by atoms with Gasteiger partial charge >= 0.3 is 0 Å². The molecule has 0 radical (unpaired) electrons. The Labute approximate surface area is 411 Å². The Morgan fingerprint density at radius 1 is 0.364 bits per heavy atom. The molecule has 1 amide bonds. The summed E-state index contributed by atoms with van der Waals surface area (Å²) < 4.78 is 0. The Morgan fingerprint density at radius 2 is 0.636 bits per heavy atom. The maximum absolute atomic E-state index is 12.6. The summed E-state index contributed by atoms with van der Waals surface area (Å²) in [6, 6.07) is -1.01. The maximum Gasteiger partial charge on any atom is 0.249 e. The van der Waals surface area contributed by atoms with Crippen LogP contribution < -0.4 is 5.32 Å². The zero-order chi connectivity index (χ0) is 48.1. The van der Waals surface area contributed by atoms with Gasteiger partial charge in [-0.2, -0.15) is 0 Å². The molecule has 0 rings (SSSR count). The second-order valence-corrected chi connectivity index (χ2v) is 20.3. The Morgan fingerprint density at radius 3 is 0.955 bits per heavy atom. The summed E-state index contributed by atoms with van der Waals surface area (Å²) in [5, 5.41) is 43.9. The van der Waals surface area contributed by atoms with Gasteiger partial charge in [0, 0.05) is 0 Å². The van der Waals surface area contributed by atoms with Gasteiger partial charge in [0.2, 0.25) is 5.91 Å². The topological polar surface area (TPSA) is 110 Å². The van der Waals surface area contributed by atoms with E-state index in [0.29, 0.717) is 19.3 Å². The molecular weight excluding hydrogens is 815 g/mol. The molecule has 390 valence electrons. The van der Waals surface area contributed by atoms with E-state index in [4.69, 9.17) is 0 Å². The molecule has 0 aliphatic rings. The average molecular weight is 931 g/mol. The van der Waals surface area contributed by atoms with E-state index in [0.717, 1.165) is 51.4 Å². The molecule has 0 saturated heterocycles. The van der Waals surface area contributed by atoms with Gasteiger partial charge in [-0.25, -0.2) is 0 Å². The lowest BCUT2D eigenvalue weighted by molar-refractivity contribution is -0.132. The van der Waals surface area contributed by atoms with Crippen molar-refractivity contribution < 1.29 is 25.2 Å². The predicted octanol–water partition coefficient (Wildman–Crippen LogP) is 17.2. The number of carbonyl (C=O) groups is 1. The summed E-state index contributed by atoms with van der Waals surface area (Å²) in [4.78, 5) is 12.6. The average Bonchev–Trinajstić information content (AvgIpc) is 3.32. The first-order valence-corrected chi connectivity index (χ1v) is 29.4. The summed E-state index contributed by atoms with van der Waals surface area (Å²) in [6.07, 6.45) is 68.0. The SMILES string of the molecule is CCCCCCCCCCC/C=C\CCCCCCCCC(O)C(=O)NC(CO)C(O)C(O)CCC/C=C/CC/C=C/CCCCCCCCCCCCCCCCCCCCCCCC. The maximum atomic E-state index is 12.6. The molecule has 66 heavy (non-hydrogen) atoms. The molecule has 0 heterocycles. The smallest absolute Gasteiger partial charge is 0.249 e. The van der Waals surface area contributed by atoms with Gasteiger partial charge in [-0.15, -0.1) is 0 Å². The van der Waals surface area contributed by atoms with Gasteiger partial charge in [-0.05, 0) is 77.0 Å². The fourth-order valence-electron chi connectivity index (χ4n) is 9.18. The Hall–Kier alpha value is -1.47. The first kappa shape index (κ1) is 64.5. The molecule has 0 aromatic rings. The first-order valence-electron chi connectivity index (χ1n) is 29.4. The predicted molar refractivity (Wildman–Crippen MR) is 288 cm³/mol. The zero-order valence-corrected chi connectivity index (χ0v) is 44.2. The van der Waals surface area contributed by atoms with Crippen molar-refractivity contribution in [2.45, 2.75) is 334 Å². The third-order valence-corrected chi connectivity index (χ3v) is 13.8. The highest BCUT2D eigenvalue weighted by molar-refractivity contribution is 5.80. The van der Waals surface area contributed by atoms with Gasteiger partial charge < -0.3 is 25.7 Å². The number of carbonyl (C=O) groups excluding carboxylic acids is 1. The van der Waals surface area contributed by atoms with Crippen molar-refractivity contribution in [3.05, 3.63) is 36.5 Å². The van der Waals surface area contributed by atoms with E-state index in [1.165, 1.54) is 225 Å². The van der Waals surface area contributed by atoms with Gasteiger partial charge in [0.15, 0.2) is 0 Å². The number of rotatable bonds is 54. The highest BCUT2D eigenvalue weighted by Gasteiger charge is 2.28. The summed E-state index contributed by atoms with van der Waals surface area (Å²) in [6.45, 7) is 4.07. The molecule has 0 aliphatic carbocycles. The molecule has 6 nitrogen and oxygen atoms in total. The minimum atomic E-state index is -1.29. The summed E-state index contributed by atoms with van der Waals surface area (Å²) in [7, 11) is 0.